The zero-order valence-corrected chi connectivity index (χ0v) is 13.5. The molecule has 1 nitrogen and oxygen atoms in total. The van der Waals surface area contributed by atoms with Gasteiger partial charge < -0.3 is 5.32 Å². The summed E-state index contributed by atoms with van der Waals surface area (Å²) in [5.74, 6) is 0.660. The Morgan fingerprint density at radius 1 is 1.05 bits per heavy atom. The highest BCUT2D eigenvalue weighted by atomic mass is 14.9. The van der Waals surface area contributed by atoms with Gasteiger partial charge in [-0.05, 0) is 74.4 Å². The summed E-state index contributed by atoms with van der Waals surface area (Å²) in [4.78, 5) is 0. The maximum atomic E-state index is 3.54. The summed E-state index contributed by atoms with van der Waals surface area (Å²) in [6, 6.07) is 14.0. The molecule has 0 amide bonds. The molecule has 0 bridgehead atoms. The lowest BCUT2D eigenvalue weighted by Gasteiger charge is -2.22. The average Bonchev–Trinajstić information content (AvgIpc) is 2.80. The third kappa shape index (κ3) is 2.63. The first-order valence-electron chi connectivity index (χ1n) is 7.92. The molecule has 1 N–H and O–H groups in total. The number of fused-ring (bicyclic) bond motifs is 1. The van der Waals surface area contributed by atoms with E-state index >= 15 is 0 Å². The minimum atomic E-state index is 0.487. The van der Waals surface area contributed by atoms with Gasteiger partial charge in [-0.15, -0.1) is 0 Å². The molecule has 0 saturated carbocycles. The molecule has 0 radical (unpaired) electrons. The summed E-state index contributed by atoms with van der Waals surface area (Å²) >= 11 is 0. The van der Waals surface area contributed by atoms with Gasteiger partial charge in [0.2, 0.25) is 0 Å². The van der Waals surface area contributed by atoms with E-state index in [9.17, 15) is 0 Å². The zero-order chi connectivity index (χ0) is 15.0. The summed E-state index contributed by atoms with van der Waals surface area (Å²) < 4.78 is 0. The second-order valence-electron chi connectivity index (χ2n) is 6.51. The number of benzene rings is 2. The van der Waals surface area contributed by atoms with Crippen molar-refractivity contribution in [2.75, 3.05) is 7.05 Å². The first-order chi connectivity index (χ1) is 10.1. The molecule has 2 atom stereocenters. The van der Waals surface area contributed by atoms with Crippen LogP contribution in [0.2, 0.25) is 0 Å². The standard InChI is InChI=1S/C20H25N/c1-13-9-14(2)19(15(3)10-13)12-17-11-16-7-5-6-8-18(16)20(17)21-4/h5-10,17,20-21H,11-12H2,1-4H3. The van der Waals surface area contributed by atoms with Crippen LogP contribution in [0.1, 0.15) is 39.4 Å². The van der Waals surface area contributed by atoms with Crippen molar-refractivity contribution in [1.82, 2.24) is 5.32 Å². The normalized spacial score (nSPS) is 20.6. The lowest BCUT2D eigenvalue weighted by molar-refractivity contribution is 0.409. The van der Waals surface area contributed by atoms with Crippen LogP contribution in [-0.4, -0.2) is 7.05 Å². The predicted octanol–water partition coefficient (Wildman–Crippen LogP) is 4.29. The van der Waals surface area contributed by atoms with Crippen molar-refractivity contribution in [2.45, 2.75) is 39.7 Å². The van der Waals surface area contributed by atoms with Crippen LogP contribution >= 0.6 is 0 Å². The van der Waals surface area contributed by atoms with E-state index in [1.807, 2.05) is 0 Å². The Labute approximate surface area is 128 Å². The van der Waals surface area contributed by atoms with Gasteiger partial charge in [0, 0.05) is 6.04 Å². The first kappa shape index (κ1) is 14.3. The van der Waals surface area contributed by atoms with Crippen LogP contribution in [0.5, 0.6) is 0 Å². The summed E-state index contributed by atoms with van der Waals surface area (Å²) in [5.41, 5.74) is 8.81. The summed E-state index contributed by atoms with van der Waals surface area (Å²) in [6.07, 6.45) is 2.35. The molecule has 1 aliphatic rings. The lowest BCUT2D eigenvalue weighted by atomic mass is 9.88. The molecule has 2 unspecified atom stereocenters. The Hall–Kier alpha value is -1.60. The van der Waals surface area contributed by atoms with E-state index in [1.54, 1.807) is 5.56 Å². The largest absolute Gasteiger partial charge is 0.313 e. The molecule has 1 aliphatic carbocycles. The van der Waals surface area contributed by atoms with Crippen LogP contribution in [0.15, 0.2) is 36.4 Å². The molecule has 110 valence electrons. The van der Waals surface area contributed by atoms with Crippen LogP contribution in [0.25, 0.3) is 0 Å². The Morgan fingerprint density at radius 2 is 1.71 bits per heavy atom. The van der Waals surface area contributed by atoms with Crippen LogP contribution in [-0.2, 0) is 12.8 Å². The number of hydrogen-bond donors (Lipinski definition) is 1. The molecule has 2 aromatic rings. The number of aryl methyl sites for hydroxylation is 3. The van der Waals surface area contributed by atoms with Gasteiger partial charge in [-0.1, -0.05) is 42.0 Å². The predicted molar refractivity (Wildman–Crippen MR) is 89.8 cm³/mol. The molecule has 0 fully saturated rings. The van der Waals surface area contributed by atoms with Crippen LogP contribution in [0.3, 0.4) is 0 Å². The zero-order valence-electron chi connectivity index (χ0n) is 13.5. The van der Waals surface area contributed by atoms with Gasteiger partial charge in [0.25, 0.3) is 0 Å². The van der Waals surface area contributed by atoms with Crippen molar-refractivity contribution < 1.29 is 0 Å². The Morgan fingerprint density at radius 3 is 2.38 bits per heavy atom. The second kappa shape index (κ2) is 5.65. The van der Waals surface area contributed by atoms with Gasteiger partial charge in [0.15, 0.2) is 0 Å². The van der Waals surface area contributed by atoms with E-state index in [0.717, 1.165) is 6.42 Å². The molecule has 1 heteroatoms. The Kier molecular flexibility index (Phi) is 3.86. The van der Waals surface area contributed by atoms with Gasteiger partial charge in [-0.3, -0.25) is 0 Å². The molecule has 0 saturated heterocycles. The van der Waals surface area contributed by atoms with E-state index in [2.05, 4.69) is 69.5 Å². The van der Waals surface area contributed by atoms with Gasteiger partial charge in [0.1, 0.15) is 0 Å². The van der Waals surface area contributed by atoms with Gasteiger partial charge >= 0.3 is 0 Å². The highest BCUT2D eigenvalue weighted by Gasteiger charge is 2.31. The quantitative estimate of drug-likeness (QED) is 0.884. The van der Waals surface area contributed by atoms with Crippen molar-refractivity contribution in [1.29, 1.82) is 0 Å². The maximum Gasteiger partial charge on any atom is 0.0355 e. The van der Waals surface area contributed by atoms with Gasteiger partial charge in [-0.2, -0.15) is 0 Å². The molecule has 2 aromatic carbocycles. The second-order valence-corrected chi connectivity index (χ2v) is 6.51. The fraction of sp³-hybridized carbons (Fsp3) is 0.400. The topological polar surface area (TPSA) is 12.0 Å². The third-order valence-corrected chi connectivity index (χ3v) is 4.96. The Balaban J connectivity index is 1.90. The van der Waals surface area contributed by atoms with Crippen molar-refractivity contribution >= 4 is 0 Å². The molecule has 0 aromatic heterocycles. The minimum absolute atomic E-state index is 0.487. The molecule has 0 spiro atoms. The van der Waals surface area contributed by atoms with Crippen molar-refractivity contribution in [2.24, 2.45) is 5.92 Å². The minimum Gasteiger partial charge on any atom is -0.313 e. The van der Waals surface area contributed by atoms with Crippen LogP contribution in [0.4, 0.5) is 0 Å². The van der Waals surface area contributed by atoms with Crippen LogP contribution < -0.4 is 5.32 Å². The summed E-state index contributed by atoms with van der Waals surface area (Å²) in [7, 11) is 2.09. The van der Waals surface area contributed by atoms with Gasteiger partial charge in [-0.25, -0.2) is 0 Å². The fourth-order valence-corrected chi connectivity index (χ4v) is 4.05. The van der Waals surface area contributed by atoms with E-state index < -0.39 is 0 Å². The SMILES string of the molecule is CNC1c2ccccc2CC1Cc1c(C)cc(C)cc1C. The summed E-state index contributed by atoms with van der Waals surface area (Å²) in [5, 5.41) is 3.54. The van der Waals surface area contributed by atoms with E-state index in [-0.39, 0.29) is 0 Å². The third-order valence-electron chi connectivity index (χ3n) is 4.96. The van der Waals surface area contributed by atoms with E-state index in [4.69, 9.17) is 0 Å². The highest BCUT2D eigenvalue weighted by molar-refractivity contribution is 5.40. The molecule has 21 heavy (non-hydrogen) atoms. The van der Waals surface area contributed by atoms with Crippen molar-refractivity contribution in [3.8, 4) is 0 Å². The van der Waals surface area contributed by atoms with Crippen molar-refractivity contribution in [3.05, 3.63) is 69.8 Å². The fourth-order valence-electron chi connectivity index (χ4n) is 4.05. The smallest absolute Gasteiger partial charge is 0.0355 e. The first-order valence-corrected chi connectivity index (χ1v) is 7.92. The van der Waals surface area contributed by atoms with Crippen LogP contribution in [0, 0.1) is 26.7 Å². The van der Waals surface area contributed by atoms with Gasteiger partial charge in [0.05, 0.1) is 0 Å². The summed E-state index contributed by atoms with van der Waals surface area (Å²) in [6.45, 7) is 6.70. The maximum absolute atomic E-state index is 3.54. The molecule has 3 rings (SSSR count). The molecular formula is C20H25N. The number of hydrogen-bond acceptors (Lipinski definition) is 1. The molecular weight excluding hydrogens is 254 g/mol. The average molecular weight is 279 g/mol. The Bertz CT molecular complexity index is 634. The lowest BCUT2D eigenvalue weighted by Crippen LogP contribution is -2.23. The molecule has 0 aliphatic heterocycles. The number of rotatable bonds is 3. The number of nitrogens with one attached hydrogen (secondary N) is 1. The van der Waals surface area contributed by atoms with E-state index in [1.165, 1.54) is 34.2 Å². The highest BCUT2D eigenvalue weighted by Crippen LogP contribution is 2.38. The van der Waals surface area contributed by atoms with Crippen molar-refractivity contribution in [3.63, 3.8) is 0 Å². The molecule has 0 heterocycles. The van der Waals surface area contributed by atoms with E-state index in [0.29, 0.717) is 12.0 Å². The monoisotopic (exact) mass is 279 g/mol.